The third-order valence-corrected chi connectivity index (χ3v) is 7.81. The average molecular weight is 342 g/mol. The lowest BCUT2D eigenvalue weighted by Gasteiger charge is -2.21. The van der Waals surface area contributed by atoms with E-state index in [1.807, 2.05) is 0 Å². The van der Waals surface area contributed by atoms with Gasteiger partial charge in [-0.15, -0.1) is 0 Å². The zero-order chi connectivity index (χ0) is 17.3. The van der Waals surface area contributed by atoms with Crippen LogP contribution in [0.1, 0.15) is 51.9 Å². The van der Waals surface area contributed by atoms with Gasteiger partial charge in [0.2, 0.25) is 5.91 Å². The first-order valence-corrected chi connectivity index (χ1v) is 12.2. The number of Topliss-reactive ketones (excluding diaryl/α,β-unsaturated/α-hetero) is 1. The predicted molar refractivity (Wildman–Crippen MR) is 93.0 cm³/mol. The van der Waals surface area contributed by atoms with Crippen LogP contribution in [0.4, 0.5) is 0 Å². The molecule has 0 aliphatic carbocycles. The summed E-state index contributed by atoms with van der Waals surface area (Å²) >= 11 is 0. The van der Waals surface area contributed by atoms with Gasteiger partial charge in [-0.1, -0.05) is 51.4 Å². The third-order valence-electron chi connectivity index (χ3n) is 4.39. The molecule has 0 aromatic carbocycles. The highest BCUT2D eigenvalue weighted by molar-refractivity contribution is 6.77. The van der Waals surface area contributed by atoms with Crippen LogP contribution in [-0.2, 0) is 19.1 Å². The molecule has 1 heterocycles. The molecular weight excluding hydrogens is 310 g/mol. The van der Waals surface area contributed by atoms with Crippen molar-refractivity contribution in [3.8, 4) is 0 Å². The molecule has 1 amide bonds. The number of hydrogen-bond acceptors (Lipinski definition) is 4. The molecule has 1 aliphatic heterocycles. The van der Waals surface area contributed by atoms with E-state index in [1.54, 1.807) is 0 Å². The zero-order valence-electron chi connectivity index (χ0n) is 14.8. The van der Waals surface area contributed by atoms with Gasteiger partial charge in [0.25, 0.3) is 0 Å². The molecule has 1 rings (SSSR count). The number of unbranched alkanes of at least 4 members (excludes halogenated alkanes) is 2. The topological polar surface area (TPSA) is 72.5 Å². The standard InChI is InChI=1S/C17H31NO4Si/c1-4-5-11-23(2,3)12-7-6-8-14(19)13-16(20)18-15-9-10-22-17(15)21/h15H,4-13H2,1-3H3,(H,18,20)/t15-/m0/s1. The number of hydrogen-bond donors (Lipinski definition) is 1. The zero-order valence-corrected chi connectivity index (χ0v) is 15.8. The molecule has 0 unspecified atom stereocenters. The lowest BCUT2D eigenvalue weighted by molar-refractivity contribution is -0.142. The summed E-state index contributed by atoms with van der Waals surface area (Å²) in [5.41, 5.74) is 0. The van der Waals surface area contributed by atoms with Crippen molar-refractivity contribution in [2.45, 2.75) is 83.1 Å². The Kier molecular flexibility index (Phi) is 8.51. The quantitative estimate of drug-likeness (QED) is 0.271. The van der Waals surface area contributed by atoms with Crippen LogP contribution in [0.25, 0.3) is 0 Å². The summed E-state index contributed by atoms with van der Waals surface area (Å²) < 4.78 is 4.78. The predicted octanol–water partition coefficient (Wildman–Crippen LogP) is 3.06. The number of esters is 1. The summed E-state index contributed by atoms with van der Waals surface area (Å²) in [4.78, 5) is 34.8. The fourth-order valence-electron chi connectivity index (χ4n) is 2.85. The Morgan fingerprint density at radius 2 is 1.91 bits per heavy atom. The molecule has 23 heavy (non-hydrogen) atoms. The lowest BCUT2D eigenvalue weighted by atomic mass is 10.1. The van der Waals surface area contributed by atoms with Gasteiger partial charge in [-0.2, -0.15) is 0 Å². The molecule has 132 valence electrons. The molecule has 0 aromatic rings. The smallest absolute Gasteiger partial charge is 0.328 e. The summed E-state index contributed by atoms with van der Waals surface area (Å²) in [5, 5.41) is 2.57. The molecule has 1 saturated heterocycles. The molecule has 1 N–H and O–H groups in total. The van der Waals surface area contributed by atoms with Crippen LogP contribution in [0.5, 0.6) is 0 Å². The normalized spacial score (nSPS) is 17.9. The molecule has 5 nitrogen and oxygen atoms in total. The third kappa shape index (κ3) is 8.30. The van der Waals surface area contributed by atoms with Crippen molar-refractivity contribution in [3.63, 3.8) is 0 Å². The fourth-order valence-corrected chi connectivity index (χ4v) is 5.61. The van der Waals surface area contributed by atoms with Gasteiger partial charge in [-0.3, -0.25) is 9.59 Å². The molecule has 6 heteroatoms. The van der Waals surface area contributed by atoms with E-state index in [1.165, 1.54) is 24.9 Å². The molecule has 1 aliphatic rings. The van der Waals surface area contributed by atoms with E-state index >= 15 is 0 Å². The van der Waals surface area contributed by atoms with Crippen molar-refractivity contribution < 1.29 is 19.1 Å². The van der Waals surface area contributed by atoms with Gasteiger partial charge in [-0.05, 0) is 6.42 Å². The molecule has 0 spiro atoms. The van der Waals surface area contributed by atoms with E-state index in [4.69, 9.17) is 4.74 Å². The highest BCUT2D eigenvalue weighted by Gasteiger charge is 2.28. The summed E-state index contributed by atoms with van der Waals surface area (Å²) in [5.74, 6) is -0.802. The van der Waals surface area contributed by atoms with Gasteiger partial charge in [0.05, 0.1) is 13.0 Å². The monoisotopic (exact) mass is 341 g/mol. The Bertz CT molecular complexity index is 423. The Morgan fingerprint density at radius 3 is 2.52 bits per heavy atom. The second kappa shape index (κ2) is 9.85. The Labute approximate surface area is 140 Å². The van der Waals surface area contributed by atoms with E-state index in [0.717, 1.165) is 12.8 Å². The SMILES string of the molecule is CCCC[Si](C)(C)CCCCC(=O)CC(=O)N[C@H]1CCOC1=O. The number of carbonyl (C=O) groups is 3. The van der Waals surface area contributed by atoms with Crippen LogP contribution in [-0.4, -0.2) is 38.4 Å². The molecule has 0 radical (unpaired) electrons. The Hall–Kier alpha value is -1.17. The molecule has 1 atom stereocenters. The Morgan fingerprint density at radius 1 is 1.22 bits per heavy atom. The molecule has 0 saturated carbocycles. The minimum absolute atomic E-state index is 0.0399. The van der Waals surface area contributed by atoms with Crippen molar-refractivity contribution in [2.24, 2.45) is 0 Å². The van der Waals surface area contributed by atoms with Crippen molar-refractivity contribution >= 4 is 25.7 Å². The second-order valence-electron chi connectivity index (χ2n) is 7.27. The summed E-state index contributed by atoms with van der Waals surface area (Å²) in [6.45, 7) is 7.39. The highest BCUT2D eigenvalue weighted by atomic mass is 28.3. The van der Waals surface area contributed by atoms with Crippen LogP contribution in [0.2, 0.25) is 25.2 Å². The highest BCUT2D eigenvalue weighted by Crippen LogP contribution is 2.21. The van der Waals surface area contributed by atoms with Crippen LogP contribution in [0.3, 0.4) is 0 Å². The van der Waals surface area contributed by atoms with Crippen molar-refractivity contribution in [2.75, 3.05) is 6.61 Å². The maximum Gasteiger partial charge on any atom is 0.328 e. The first-order chi connectivity index (χ1) is 10.8. The fraction of sp³-hybridized carbons (Fsp3) is 0.824. The Balaban J connectivity index is 2.14. The number of carbonyl (C=O) groups excluding carboxylic acids is 3. The van der Waals surface area contributed by atoms with Crippen LogP contribution < -0.4 is 5.32 Å². The number of ether oxygens (including phenoxy) is 1. The van der Waals surface area contributed by atoms with Crippen molar-refractivity contribution in [3.05, 3.63) is 0 Å². The van der Waals surface area contributed by atoms with Gasteiger partial charge in [0.15, 0.2) is 0 Å². The number of ketones is 1. The van der Waals surface area contributed by atoms with Gasteiger partial charge in [0.1, 0.15) is 11.8 Å². The van der Waals surface area contributed by atoms with Gasteiger partial charge < -0.3 is 10.1 Å². The van der Waals surface area contributed by atoms with Gasteiger partial charge in [0, 0.05) is 20.9 Å². The summed E-state index contributed by atoms with van der Waals surface area (Å²) in [6, 6.07) is 2.04. The maximum atomic E-state index is 11.8. The summed E-state index contributed by atoms with van der Waals surface area (Å²) in [7, 11) is -1.10. The lowest BCUT2D eigenvalue weighted by Crippen LogP contribution is -2.38. The molecule has 1 fully saturated rings. The second-order valence-corrected chi connectivity index (χ2v) is 12.6. The van der Waals surface area contributed by atoms with Crippen molar-refractivity contribution in [1.82, 2.24) is 5.32 Å². The first-order valence-electron chi connectivity index (χ1n) is 8.82. The largest absolute Gasteiger partial charge is 0.464 e. The minimum atomic E-state index is -1.10. The number of rotatable bonds is 11. The van der Waals surface area contributed by atoms with Gasteiger partial charge in [-0.25, -0.2) is 4.79 Å². The van der Waals surface area contributed by atoms with Gasteiger partial charge >= 0.3 is 5.97 Å². The maximum absolute atomic E-state index is 11.8. The van der Waals surface area contributed by atoms with E-state index in [0.29, 0.717) is 19.4 Å². The average Bonchev–Trinajstić information content (AvgIpc) is 2.87. The number of amides is 1. The van der Waals surface area contributed by atoms with E-state index in [9.17, 15) is 14.4 Å². The molecule has 0 bridgehead atoms. The summed E-state index contributed by atoms with van der Waals surface area (Å²) in [6.07, 6.45) is 5.32. The molecule has 0 aromatic heterocycles. The number of nitrogens with one attached hydrogen (secondary N) is 1. The first kappa shape index (κ1) is 19.9. The molecular formula is C17H31NO4Si. The number of cyclic esters (lactones) is 1. The van der Waals surface area contributed by atoms with E-state index < -0.39 is 20.1 Å². The van der Waals surface area contributed by atoms with Crippen molar-refractivity contribution in [1.29, 1.82) is 0 Å². The van der Waals surface area contributed by atoms with Crippen LogP contribution in [0.15, 0.2) is 0 Å². The minimum Gasteiger partial charge on any atom is -0.464 e. The van der Waals surface area contributed by atoms with E-state index in [-0.39, 0.29) is 18.1 Å². The van der Waals surface area contributed by atoms with Crippen LogP contribution >= 0.6 is 0 Å². The van der Waals surface area contributed by atoms with E-state index in [2.05, 4.69) is 25.3 Å². The van der Waals surface area contributed by atoms with Crippen LogP contribution in [0, 0.1) is 0 Å².